The third-order valence-corrected chi connectivity index (χ3v) is 5.66. The minimum Gasteiger partial charge on any atom is -0.466 e. The zero-order chi connectivity index (χ0) is 19.9. The van der Waals surface area contributed by atoms with Gasteiger partial charge in [-0.25, -0.2) is 9.67 Å². The minimum absolute atomic E-state index is 0.145. The molecule has 3 rings (SSSR count). The van der Waals surface area contributed by atoms with Gasteiger partial charge in [-0.15, -0.1) is 11.3 Å². The summed E-state index contributed by atoms with van der Waals surface area (Å²) in [7, 11) is 0. The number of hydrogen-bond donors (Lipinski definition) is 1. The second-order valence-corrected chi connectivity index (χ2v) is 7.92. The summed E-state index contributed by atoms with van der Waals surface area (Å²) in [6.45, 7) is 4.00. The second-order valence-electron chi connectivity index (χ2n) is 5.84. The Hall–Kier alpha value is -2.65. The summed E-state index contributed by atoms with van der Waals surface area (Å²) >= 11 is 2.74. The summed E-state index contributed by atoms with van der Waals surface area (Å²) in [4.78, 5) is 28.2. The highest BCUT2D eigenvalue weighted by atomic mass is 32.2. The molecule has 0 atom stereocenters. The molecule has 0 saturated carbocycles. The van der Waals surface area contributed by atoms with Crippen molar-refractivity contribution in [3.05, 3.63) is 53.2 Å². The molecule has 0 bridgehead atoms. The van der Waals surface area contributed by atoms with Crippen molar-refractivity contribution in [2.75, 3.05) is 17.7 Å². The fraction of sp³-hybridized carbons (Fsp3) is 0.263. The van der Waals surface area contributed by atoms with Gasteiger partial charge in [-0.2, -0.15) is 5.10 Å². The van der Waals surface area contributed by atoms with Crippen LogP contribution >= 0.6 is 23.1 Å². The van der Waals surface area contributed by atoms with E-state index in [4.69, 9.17) is 4.74 Å². The quantitative estimate of drug-likeness (QED) is 0.447. The van der Waals surface area contributed by atoms with Gasteiger partial charge in [-0.3, -0.25) is 9.59 Å². The monoisotopic (exact) mass is 416 g/mol. The van der Waals surface area contributed by atoms with Crippen LogP contribution in [0.1, 0.15) is 18.3 Å². The molecule has 0 radical (unpaired) electrons. The lowest BCUT2D eigenvalue weighted by atomic mass is 10.3. The number of rotatable bonds is 8. The number of para-hydroxylation sites is 1. The van der Waals surface area contributed by atoms with E-state index in [-0.39, 0.29) is 24.1 Å². The lowest BCUT2D eigenvalue weighted by Gasteiger charge is -2.08. The molecule has 146 valence electrons. The van der Waals surface area contributed by atoms with Crippen molar-refractivity contribution < 1.29 is 14.3 Å². The van der Waals surface area contributed by atoms with E-state index in [1.54, 1.807) is 11.6 Å². The summed E-state index contributed by atoms with van der Waals surface area (Å²) in [5, 5.41) is 9.15. The molecule has 0 fully saturated rings. The van der Waals surface area contributed by atoms with E-state index in [9.17, 15) is 9.59 Å². The number of thiazole rings is 1. The van der Waals surface area contributed by atoms with Crippen LogP contribution in [0, 0.1) is 6.92 Å². The maximum Gasteiger partial charge on any atom is 0.311 e. The van der Waals surface area contributed by atoms with Crippen LogP contribution in [-0.2, 0) is 20.7 Å². The lowest BCUT2D eigenvalue weighted by molar-refractivity contribution is -0.142. The van der Waals surface area contributed by atoms with Crippen molar-refractivity contribution in [1.29, 1.82) is 0 Å². The normalized spacial score (nSPS) is 10.6. The minimum atomic E-state index is -0.299. The molecule has 7 nitrogen and oxygen atoms in total. The van der Waals surface area contributed by atoms with Crippen LogP contribution in [0.2, 0.25) is 0 Å². The average Bonchev–Trinajstić information content (AvgIpc) is 3.27. The molecular weight excluding hydrogens is 396 g/mol. The van der Waals surface area contributed by atoms with Crippen LogP contribution in [0.3, 0.4) is 0 Å². The molecule has 0 aliphatic heterocycles. The number of anilines is 1. The highest BCUT2D eigenvalue weighted by Crippen LogP contribution is 2.24. The molecule has 1 amide bonds. The molecule has 9 heteroatoms. The van der Waals surface area contributed by atoms with Gasteiger partial charge in [0, 0.05) is 11.4 Å². The molecular formula is C19H20N4O3S2. The predicted octanol–water partition coefficient (Wildman–Crippen LogP) is 3.47. The van der Waals surface area contributed by atoms with Crippen LogP contribution in [0.5, 0.6) is 0 Å². The van der Waals surface area contributed by atoms with E-state index in [1.165, 1.54) is 23.1 Å². The van der Waals surface area contributed by atoms with E-state index in [2.05, 4.69) is 15.4 Å². The fourth-order valence-electron chi connectivity index (χ4n) is 2.46. The van der Waals surface area contributed by atoms with E-state index in [0.29, 0.717) is 18.1 Å². The zero-order valence-electron chi connectivity index (χ0n) is 15.5. The number of ether oxygens (including phenoxy) is 1. The van der Waals surface area contributed by atoms with Gasteiger partial charge < -0.3 is 10.1 Å². The molecule has 28 heavy (non-hydrogen) atoms. The summed E-state index contributed by atoms with van der Waals surface area (Å²) in [5.41, 5.74) is 2.35. The number of amides is 1. The maximum absolute atomic E-state index is 12.4. The van der Waals surface area contributed by atoms with E-state index >= 15 is 0 Å². The third-order valence-electron chi connectivity index (χ3n) is 3.59. The first-order chi connectivity index (χ1) is 13.5. The van der Waals surface area contributed by atoms with Crippen molar-refractivity contribution in [3.8, 4) is 5.69 Å². The Morgan fingerprint density at radius 3 is 2.82 bits per heavy atom. The number of aromatic nitrogens is 3. The van der Waals surface area contributed by atoms with Gasteiger partial charge in [0.05, 0.1) is 35.9 Å². The van der Waals surface area contributed by atoms with Gasteiger partial charge in [0.15, 0.2) is 4.34 Å². The Kier molecular flexibility index (Phi) is 6.83. The number of esters is 1. The van der Waals surface area contributed by atoms with E-state index in [1.807, 2.05) is 48.7 Å². The van der Waals surface area contributed by atoms with Gasteiger partial charge in [-0.1, -0.05) is 30.0 Å². The number of benzene rings is 1. The van der Waals surface area contributed by atoms with E-state index < -0.39 is 0 Å². The van der Waals surface area contributed by atoms with Crippen LogP contribution in [0.4, 0.5) is 5.82 Å². The fourth-order valence-corrected chi connectivity index (χ4v) is 4.10. The van der Waals surface area contributed by atoms with Gasteiger partial charge in [0.2, 0.25) is 5.91 Å². The van der Waals surface area contributed by atoms with Crippen molar-refractivity contribution >= 4 is 40.8 Å². The van der Waals surface area contributed by atoms with E-state index in [0.717, 1.165) is 15.7 Å². The first-order valence-corrected chi connectivity index (χ1v) is 10.6. The molecule has 0 unspecified atom stereocenters. The van der Waals surface area contributed by atoms with Gasteiger partial charge in [0.25, 0.3) is 0 Å². The summed E-state index contributed by atoms with van der Waals surface area (Å²) < 4.78 is 7.36. The summed E-state index contributed by atoms with van der Waals surface area (Å²) in [5.74, 6) is 0.387. The Balaban J connectivity index is 1.57. The van der Waals surface area contributed by atoms with Gasteiger partial charge in [-0.05, 0) is 26.0 Å². The van der Waals surface area contributed by atoms with Crippen LogP contribution in [-0.4, -0.2) is 39.0 Å². The number of hydrogen-bond acceptors (Lipinski definition) is 7. The SMILES string of the molecule is CCOC(=O)Cc1csc(SCC(=O)Nc2cc(C)nn2-c2ccccc2)n1. The molecule has 0 saturated heterocycles. The largest absolute Gasteiger partial charge is 0.466 e. The average molecular weight is 417 g/mol. The Labute approximate surface area is 171 Å². The number of thioether (sulfide) groups is 1. The molecule has 0 aliphatic carbocycles. The molecule has 1 N–H and O–H groups in total. The van der Waals surface area contributed by atoms with Crippen molar-refractivity contribution in [2.45, 2.75) is 24.6 Å². The Bertz CT molecular complexity index is 953. The summed E-state index contributed by atoms with van der Waals surface area (Å²) in [6, 6.07) is 11.5. The number of nitrogens with one attached hydrogen (secondary N) is 1. The Morgan fingerprint density at radius 2 is 2.07 bits per heavy atom. The number of nitrogens with zero attached hydrogens (tertiary/aromatic N) is 3. The number of carbonyl (C=O) groups is 2. The summed E-state index contributed by atoms with van der Waals surface area (Å²) in [6.07, 6.45) is 0.145. The Morgan fingerprint density at radius 1 is 1.29 bits per heavy atom. The maximum atomic E-state index is 12.4. The van der Waals surface area contributed by atoms with Crippen molar-refractivity contribution in [1.82, 2.24) is 14.8 Å². The molecule has 0 aliphatic rings. The third kappa shape index (κ3) is 5.43. The predicted molar refractivity (Wildman–Crippen MR) is 110 cm³/mol. The zero-order valence-corrected chi connectivity index (χ0v) is 17.2. The van der Waals surface area contributed by atoms with Crippen LogP contribution in [0.25, 0.3) is 5.69 Å². The highest BCUT2D eigenvalue weighted by Gasteiger charge is 2.13. The van der Waals surface area contributed by atoms with Gasteiger partial charge in [0.1, 0.15) is 5.82 Å². The second kappa shape index (κ2) is 9.52. The standard InChI is InChI=1S/C19H20N4O3S2/c1-3-26-18(25)10-14-11-27-19(20-14)28-12-17(24)21-16-9-13(2)22-23(16)15-7-5-4-6-8-15/h4-9,11H,3,10,12H2,1-2H3,(H,21,24). The molecule has 2 aromatic heterocycles. The van der Waals surface area contributed by atoms with Gasteiger partial charge >= 0.3 is 5.97 Å². The lowest BCUT2D eigenvalue weighted by Crippen LogP contribution is -2.16. The van der Waals surface area contributed by atoms with Crippen LogP contribution < -0.4 is 5.32 Å². The molecule has 2 heterocycles. The molecule has 1 aromatic carbocycles. The van der Waals surface area contributed by atoms with Crippen molar-refractivity contribution in [3.63, 3.8) is 0 Å². The topological polar surface area (TPSA) is 86.1 Å². The van der Waals surface area contributed by atoms with Crippen molar-refractivity contribution in [2.24, 2.45) is 0 Å². The smallest absolute Gasteiger partial charge is 0.311 e. The number of aryl methyl sites for hydroxylation is 1. The number of carbonyl (C=O) groups excluding carboxylic acids is 2. The first-order valence-electron chi connectivity index (χ1n) is 8.70. The van der Waals surface area contributed by atoms with Crippen LogP contribution in [0.15, 0.2) is 46.1 Å². The first kappa shape index (κ1) is 20.1. The highest BCUT2D eigenvalue weighted by molar-refractivity contribution is 8.01. The molecule has 0 spiro atoms. The molecule has 3 aromatic rings.